The molecule has 154 valence electrons. The van der Waals surface area contributed by atoms with Crippen LogP contribution in [0.2, 0.25) is 10.0 Å². The standard InChI is InChI=1S/C24H23Cl2N3O/c1-14-9-16-5-6-17(21-13-29-8-2-3-22(29)27-21)12-18(16)24(14)28-23(30)11-15-4-7-19(25)20(26)10-15/h4-7,10,12-14,24H,2-3,8-9,11H2,1H3,(H,28,30). The first-order chi connectivity index (χ1) is 14.5. The van der Waals surface area contributed by atoms with Gasteiger partial charge in [0.25, 0.3) is 0 Å². The normalized spacial score (nSPS) is 19.6. The molecule has 2 heterocycles. The molecule has 0 bridgehead atoms. The van der Waals surface area contributed by atoms with Crippen LogP contribution in [0.15, 0.2) is 42.6 Å². The third-order valence-electron chi connectivity index (χ3n) is 6.21. The van der Waals surface area contributed by atoms with Crippen molar-refractivity contribution in [2.24, 2.45) is 5.92 Å². The monoisotopic (exact) mass is 439 g/mol. The van der Waals surface area contributed by atoms with Gasteiger partial charge in [0.15, 0.2) is 0 Å². The highest BCUT2D eigenvalue weighted by molar-refractivity contribution is 6.42. The third kappa shape index (κ3) is 3.63. The lowest BCUT2D eigenvalue weighted by atomic mass is 10.00. The van der Waals surface area contributed by atoms with Gasteiger partial charge in [-0.3, -0.25) is 4.79 Å². The second kappa shape index (κ2) is 7.75. The van der Waals surface area contributed by atoms with Crippen LogP contribution >= 0.6 is 23.2 Å². The second-order valence-corrected chi connectivity index (χ2v) is 9.22. The highest BCUT2D eigenvalue weighted by atomic mass is 35.5. The van der Waals surface area contributed by atoms with Gasteiger partial charge in [0.05, 0.1) is 28.2 Å². The molecule has 6 heteroatoms. The van der Waals surface area contributed by atoms with Crippen LogP contribution < -0.4 is 5.32 Å². The number of aryl methyl sites for hydroxylation is 2. The fourth-order valence-corrected chi connectivity index (χ4v) is 5.00. The average Bonchev–Trinajstić information content (AvgIpc) is 3.38. The Bertz CT molecular complexity index is 1120. The Morgan fingerprint density at radius 2 is 2.07 bits per heavy atom. The zero-order valence-corrected chi connectivity index (χ0v) is 18.3. The summed E-state index contributed by atoms with van der Waals surface area (Å²) in [6, 6.07) is 11.9. The van der Waals surface area contributed by atoms with Crippen LogP contribution in [0, 0.1) is 5.92 Å². The number of hydrogen-bond donors (Lipinski definition) is 1. The minimum atomic E-state index is -0.00976. The number of imidazole rings is 1. The van der Waals surface area contributed by atoms with E-state index < -0.39 is 0 Å². The first-order valence-corrected chi connectivity index (χ1v) is 11.2. The molecular weight excluding hydrogens is 417 g/mol. The van der Waals surface area contributed by atoms with Gasteiger partial charge in [0, 0.05) is 24.7 Å². The molecule has 0 fully saturated rings. The van der Waals surface area contributed by atoms with Crippen molar-refractivity contribution in [1.29, 1.82) is 0 Å². The van der Waals surface area contributed by atoms with E-state index in [1.165, 1.54) is 23.4 Å². The van der Waals surface area contributed by atoms with E-state index >= 15 is 0 Å². The van der Waals surface area contributed by atoms with Gasteiger partial charge in [-0.25, -0.2) is 4.98 Å². The fourth-order valence-electron chi connectivity index (χ4n) is 4.67. The molecule has 1 aliphatic carbocycles. The molecule has 4 nitrogen and oxygen atoms in total. The number of nitrogens with one attached hydrogen (secondary N) is 1. The maximum absolute atomic E-state index is 12.8. The Balaban J connectivity index is 1.36. The van der Waals surface area contributed by atoms with Gasteiger partial charge in [-0.15, -0.1) is 0 Å². The molecule has 2 aromatic carbocycles. The summed E-state index contributed by atoms with van der Waals surface area (Å²) in [7, 11) is 0. The summed E-state index contributed by atoms with van der Waals surface area (Å²) in [5, 5.41) is 4.21. The van der Waals surface area contributed by atoms with Crippen LogP contribution in [-0.2, 0) is 30.6 Å². The lowest BCUT2D eigenvalue weighted by Gasteiger charge is -2.19. The van der Waals surface area contributed by atoms with Crippen molar-refractivity contribution in [3.63, 3.8) is 0 Å². The number of amides is 1. The topological polar surface area (TPSA) is 46.9 Å². The van der Waals surface area contributed by atoms with Crippen molar-refractivity contribution in [1.82, 2.24) is 14.9 Å². The number of nitrogens with zero attached hydrogens (tertiary/aromatic N) is 2. The van der Waals surface area contributed by atoms with Crippen LogP contribution in [0.5, 0.6) is 0 Å². The number of aromatic nitrogens is 2. The van der Waals surface area contributed by atoms with Gasteiger partial charge >= 0.3 is 0 Å². The Morgan fingerprint density at radius 1 is 1.20 bits per heavy atom. The fraction of sp³-hybridized carbons (Fsp3) is 0.333. The number of halogens is 2. The molecule has 0 spiro atoms. The summed E-state index contributed by atoms with van der Waals surface area (Å²) in [4.78, 5) is 17.6. The molecule has 2 aliphatic rings. The van der Waals surface area contributed by atoms with E-state index in [9.17, 15) is 4.79 Å². The van der Waals surface area contributed by atoms with E-state index in [2.05, 4.69) is 41.2 Å². The quantitative estimate of drug-likeness (QED) is 0.591. The highest BCUT2D eigenvalue weighted by Gasteiger charge is 2.31. The van der Waals surface area contributed by atoms with Crippen molar-refractivity contribution in [3.05, 3.63) is 75.2 Å². The van der Waals surface area contributed by atoms with Crippen LogP contribution in [0.3, 0.4) is 0 Å². The zero-order valence-electron chi connectivity index (χ0n) is 16.8. The molecule has 0 saturated carbocycles. The minimum absolute atomic E-state index is 0.00434. The minimum Gasteiger partial charge on any atom is -0.349 e. The van der Waals surface area contributed by atoms with Crippen LogP contribution in [0.25, 0.3) is 11.3 Å². The Hall–Kier alpha value is -2.30. The molecule has 3 aromatic rings. The van der Waals surface area contributed by atoms with Gasteiger partial charge in [0.1, 0.15) is 5.82 Å². The van der Waals surface area contributed by atoms with Crippen LogP contribution in [0.1, 0.15) is 41.9 Å². The molecule has 5 rings (SSSR count). The van der Waals surface area contributed by atoms with E-state index in [1.807, 2.05) is 6.07 Å². The van der Waals surface area contributed by atoms with E-state index in [0.29, 0.717) is 16.0 Å². The van der Waals surface area contributed by atoms with E-state index in [1.54, 1.807) is 12.1 Å². The highest BCUT2D eigenvalue weighted by Crippen LogP contribution is 2.38. The maximum atomic E-state index is 12.8. The predicted molar refractivity (Wildman–Crippen MR) is 120 cm³/mol. The number of carbonyl (C=O) groups is 1. The first kappa shape index (κ1) is 19.7. The summed E-state index contributed by atoms with van der Waals surface area (Å²) in [5.74, 6) is 1.51. The van der Waals surface area contributed by atoms with Gasteiger partial charge in [-0.1, -0.05) is 48.3 Å². The molecule has 0 saturated heterocycles. The molecule has 30 heavy (non-hydrogen) atoms. The molecule has 1 amide bonds. The molecule has 2 unspecified atom stereocenters. The maximum Gasteiger partial charge on any atom is 0.224 e. The Labute approximate surface area is 186 Å². The Kier molecular flexibility index (Phi) is 5.08. The summed E-state index contributed by atoms with van der Waals surface area (Å²) >= 11 is 12.1. The SMILES string of the molecule is CC1Cc2ccc(-c3cn4c(n3)CCC4)cc2C1NC(=O)Cc1ccc(Cl)c(Cl)c1. The predicted octanol–water partition coefficient (Wildman–Crippen LogP) is 5.40. The Morgan fingerprint density at radius 3 is 2.87 bits per heavy atom. The molecule has 1 aliphatic heterocycles. The molecule has 1 N–H and O–H groups in total. The van der Waals surface area contributed by atoms with Crippen molar-refractivity contribution in [2.45, 2.75) is 45.2 Å². The molecular formula is C24H23Cl2N3O. The largest absolute Gasteiger partial charge is 0.349 e. The lowest BCUT2D eigenvalue weighted by Crippen LogP contribution is -2.31. The van der Waals surface area contributed by atoms with Crippen molar-refractivity contribution < 1.29 is 4.79 Å². The van der Waals surface area contributed by atoms with E-state index in [0.717, 1.165) is 36.2 Å². The second-order valence-electron chi connectivity index (χ2n) is 8.40. The lowest BCUT2D eigenvalue weighted by molar-refractivity contribution is -0.121. The van der Waals surface area contributed by atoms with Gasteiger partial charge in [-0.05, 0) is 53.6 Å². The van der Waals surface area contributed by atoms with Crippen molar-refractivity contribution >= 4 is 29.1 Å². The van der Waals surface area contributed by atoms with Crippen molar-refractivity contribution in [3.8, 4) is 11.3 Å². The van der Waals surface area contributed by atoms with E-state index in [4.69, 9.17) is 28.2 Å². The zero-order chi connectivity index (χ0) is 20.8. The number of carbonyl (C=O) groups excluding carboxylic acids is 1. The van der Waals surface area contributed by atoms with Crippen LogP contribution in [-0.4, -0.2) is 15.5 Å². The third-order valence-corrected chi connectivity index (χ3v) is 6.95. The van der Waals surface area contributed by atoms with Gasteiger partial charge in [-0.2, -0.15) is 0 Å². The van der Waals surface area contributed by atoms with Crippen molar-refractivity contribution in [2.75, 3.05) is 0 Å². The summed E-state index contributed by atoms with van der Waals surface area (Å²) in [6.45, 7) is 3.24. The first-order valence-electron chi connectivity index (χ1n) is 10.4. The van der Waals surface area contributed by atoms with Gasteiger partial charge < -0.3 is 9.88 Å². The number of benzene rings is 2. The van der Waals surface area contributed by atoms with Crippen LogP contribution in [0.4, 0.5) is 0 Å². The number of hydrogen-bond acceptors (Lipinski definition) is 2. The average molecular weight is 440 g/mol. The molecule has 2 atom stereocenters. The summed E-state index contributed by atoms with van der Waals surface area (Å²) in [5.41, 5.74) is 5.50. The molecule has 0 radical (unpaired) electrons. The number of rotatable bonds is 4. The number of fused-ring (bicyclic) bond motifs is 2. The summed E-state index contributed by atoms with van der Waals surface area (Å²) in [6.07, 6.45) is 5.63. The summed E-state index contributed by atoms with van der Waals surface area (Å²) < 4.78 is 2.25. The smallest absolute Gasteiger partial charge is 0.224 e. The van der Waals surface area contributed by atoms with E-state index in [-0.39, 0.29) is 18.4 Å². The molecule has 1 aromatic heterocycles. The van der Waals surface area contributed by atoms with Gasteiger partial charge in [0.2, 0.25) is 5.91 Å².